The van der Waals surface area contributed by atoms with E-state index in [9.17, 15) is 4.79 Å². The number of carbonyl (C=O) groups is 1. The molecule has 2 bridgehead atoms. The SMILES string of the molecule is C/C=C/[C@@H]1OC[C@@]2(COC(C)=O)[C@H](C)C=C(C)[C@H]1[C@@H]2C. The van der Waals surface area contributed by atoms with Crippen molar-refractivity contribution in [3.63, 3.8) is 0 Å². The van der Waals surface area contributed by atoms with E-state index in [-0.39, 0.29) is 17.5 Å². The standard InChI is InChI=1S/C17H26O3/c1-6-7-15-16-11(2)8-12(3)17(10-20-15,13(16)4)9-19-14(5)18/h6-8,12-13,15-16H,9-10H2,1-5H3/b7-6+/t12-,13+,15+,16+,17+/m1/s1. The van der Waals surface area contributed by atoms with Gasteiger partial charge in [0.25, 0.3) is 0 Å². The number of fused-ring (bicyclic) bond motifs is 2. The van der Waals surface area contributed by atoms with Gasteiger partial charge < -0.3 is 9.47 Å². The molecule has 0 amide bonds. The number of rotatable bonds is 3. The van der Waals surface area contributed by atoms with Gasteiger partial charge in [-0.2, -0.15) is 0 Å². The molecule has 0 saturated carbocycles. The summed E-state index contributed by atoms with van der Waals surface area (Å²) in [5.41, 5.74) is 1.31. The lowest BCUT2D eigenvalue weighted by Crippen LogP contribution is -2.56. The Hall–Kier alpha value is -1.09. The van der Waals surface area contributed by atoms with E-state index in [2.05, 4.69) is 39.0 Å². The molecular formula is C17H26O3. The number of ether oxygens (including phenoxy) is 2. The van der Waals surface area contributed by atoms with Crippen molar-refractivity contribution < 1.29 is 14.3 Å². The van der Waals surface area contributed by atoms with Gasteiger partial charge in [0.05, 0.1) is 19.3 Å². The van der Waals surface area contributed by atoms with Crippen LogP contribution >= 0.6 is 0 Å². The summed E-state index contributed by atoms with van der Waals surface area (Å²) >= 11 is 0. The number of carbonyl (C=O) groups excluding carboxylic acids is 1. The fourth-order valence-electron chi connectivity index (χ4n) is 3.91. The van der Waals surface area contributed by atoms with Gasteiger partial charge in [-0.25, -0.2) is 0 Å². The molecule has 0 radical (unpaired) electrons. The molecule has 2 aliphatic rings. The molecule has 1 aliphatic heterocycles. The maximum absolute atomic E-state index is 11.2. The number of allylic oxidation sites excluding steroid dienone is 2. The van der Waals surface area contributed by atoms with Crippen molar-refractivity contribution in [1.29, 1.82) is 0 Å². The van der Waals surface area contributed by atoms with Gasteiger partial charge in [0.1, 0.15) is 0 Å². The van der Waals surface area contributed by atoms with Gasteiger partial charge in [-0.1, -0.05) is 37.6 Å². The molecule has 0 N–H and O–H groups in total. The molecule has 20 heavy (non-hydrogen) atoms. The van der Waals surface area contributed by atoms with E-state index < -0.39 is 0 Å². The Bertz CT molecular complexity index is 438. The van der Waals surface area contributed by atoms with Crippen molar-refractivity contribution in [1.82, 2.24) is 0 Å². The second-order valence-corrected chi connectivity index (χ2v) is 6.33. The average molecular weight is 278 g/mol. The van der Waals surface area contributed by atoms with Gasteiger partial charge in [-0.05, 0) is 25.7 Å². The first-order valence-electron chi connectivity index (χ1n) is 7.48. The lowest BCUT2D eigenvalue weighted by Gasteiger charge is -2.54. The van der Waals surface area contributed by atoms with Gasteiger partial charge in [0.15, 0.2) is 0 Å². The fourth-order valence-corrected chi connectivity index (χ4v) is 3.91. The smallest absolute Gasteiger partial charge is 0.302 e. The Balaban J connectivity index is 2.32. The Labute approximate surface area is 122 Å². The highest BCUT2D eigenvalue weighted by molar-refractivity contribution is 5.65. The number of hydrogen-bond donors (Lipinski definition) is 0. The predicted molar refractivity (Wildman–Crippen MR) is 79.2 cm³/mol. The predicted octanol–water partition coefficient (Wildman–Crippen LogP) is 3.36. The lowest BCUT2D eigenvalue weighted by molar-refractivity contribution is -0.171. The third-order valence-corrected chi connectivity index (χ3v) is 5.22. The first kappa shape index (κ1) is 15.3. The average Bonchev–Trinajstić information content (AvgIpc) is 2.36. The molecular weight excluding hydrogens is 252 g/mol. The summed E-state index contributed by atoms with van der Waals surface area (Å²) < 4.78 is 11.5. The van der Waals surface area contributed by atoms with E-state index in [4.69, 9.17) is 9.47 Å². The molecule has 0 aromatic carbocycles. The topological polar surface area (TPSA) is 35.5 Å². The van der Waals surface area contributed by atoms with Crippen LogP contribution in [0.4, 0.5) is 0 Å². The third kappa shape index (κ3) is 2.44. The third-order valence-electron chi connectivity index (χ3n) is 5.22. The van der Waals surface area contributed by atoms with Crippen LogP contribution in [0.5, 0.6) is 0 Å². The van der Waals surface area contributed by atoms with Crippen molar-refractivity contribution >= 4 is 5.97 Å². The van der Waals surface area contributed by atoms with Gasteiger partial charge >= 0.3 is 5.97 Å². The maximum Gasteiger partial charge on any atom is 0.302 e. The summed E-state index contributed by atoms with van der Waals surface area (Å²) in [5, 5.41) is 0. The molecule has 112 valence electrons. The molecule has 0 aromatic heterocycles. The molecule has 1 aliphatic carbocycles. The van der Waals surface area contributed by atoms with Crippen LogP contribution in [0.25, 0.3) is 0 Å². The second-order valence-electron chi connectivity index (χ2n) is 6.33. The van der Waals surface area contributed by atoms with Gasteiger partial charge in [-0.15, -0.1) is 0 Å². The van der Waals surface area contributed by atoms with Crippen LogP contribution in [-0.2, 0) is 14.3 Å². The molecule has 2 rings (SSSR count). The van der Waals surface area contributed by atoms with Crippen molar-refractivity contribution in [3.05, 3.63) is 23.8 Å². The molecule has 0 unspecified atom stereocenters. The fraction of sp³-hybridized carbons (Fsp3) is 0.706. The zero-order valence-corrected chi connectivity index (χ0v) is 13.2. The van der Waals surface area contributed by atoms with E-state index >= 15 is 0 Å². The highest BCUT2D eigenvalue weighted by atomic mass is 16.5. The lowest BCUT2D eigenvalue weighted by atomic mass is 9.56. The van der Waals surface area contributed by atoms with Crippen LogP contribution in [0, 0.1) is 23.2 Å². The van der Waals surface area contributed by atoms with Crippen molar-refractivity contribution in [2.45, 2.75) is 40.7 Å². The van der Waals surface area contributed by atoms with E-state index in [0.717, 1.165) is 0 Å². The Morgan fingerprint density at radius 2 is 2.25 bits per heavy atom. The van der Waals surface area contributed by atoms with Gasteiger partial charge in [0, 0.05) is 18.3 Å². The molecule has 1 saturated heterocycles. The highest BCUT2D eigenvalue weighted by Crippen LogP contribution is 2.52. The van der Waals surface area contributed by atoms with Crippen LogP contribution < -0.4 is 0 Å². The van der Waals surface area contributed by atoms with Crippen LogP contribution in [0.2, 0.25) is 0 Å². The minimum absolute atomic E-state index is 0.0894. The summed E-state index contributed by atoms with van der Waals surface area (Å²) in [7, 11) is 0. The van der Waals surface area contributed by atoms with Crippen LogP contribution in [0.1, 0.15) is 34.6 Å². The van der Waals surface area contributed by atoms with Crippen LogP contribution in [0.15, 0.2) is 23.8 Å². The van der Waals surface area contributed by atoms with E-state index in [1.165, 1.54) is 12.5 Å². The summed E-state index contributed by atoms with van der Waals surface area (Å²) in [6, 6.07) is 0. The summed E-state index contributed by atoms with van der Waals surface area (Å²) in [4.78, 5) is 11.2. The van der Waals surface area contributed by atoms with Crippen molar-refractivity contribution in [3.8, 4) is 0 Å². The Morgan fingerprint density at radius 3 is 2.85 bits per heavy atom. The zero-order chi connectivity index (χ0) is 14.9. The first-order chi connectivity index (χ1) is 9.42. The van der Waals surface area contributed by atoms with Crippen LogP contribution in [-0.4, -0.2) is 25.3 Å². The van der Waals surface area contributed by atoms with Crippen molar-refractivity contribution in [2.24, 2.45) is 23.2 Å². The summed E-state index contributed by atoms with van der Waals surface area (Å²) in [6.07, 6.45) is 6.68. The van der Waals surface area contributed by atoms with E-state index in [1.807, 2.05) is 6.92 Å². The normalized spacial score (nSPS) is 40.5. The number of esters is 1. The molecule has 1 heterocycles. The number of hydrogen-bond acceptors (Lipinski definition) is 3. The molecule has 1 fully saturated rings. The Kier molecular flexibility index (Phi) is 4.38. The maximum atomic E-state index is 11.2. The highest BCUT2D eigenvalue weighted by Gasteiger charge is 2.53. The second kappa shape index (κ2) is 5.72. The molecule has 3 heteroatoms. The minimum atomic E-state index is -0.211. The minimum Gasteiger partial charge on any atom is -0.465 e. The molecule has 5 atom stereocenters. The van der Waals surface area contributed by atoms with Gasteiger partial charge in [0.2, 0.25) is 0 Å². The van der Waals surface area contributed by atoms with E-state index in [1.54, 1.807) is 0 Å². The summed E-state index contributed by atoms with van der Waals surface area (Å²) in [5.74, 6) is 0.973. The Morgan fingerprint density at radius 1 is 1.55 bits per heavy atom. The first-order valence-corrected chi connectivity index (χ1v) is 7.48. The zero-order valence-electron chi connectivity index (χ0n) is 13.2. The molecule has 0 aromatic rings. The van der Waals surface area contributed by atoms with Crippen LogP contribution in [0.3, 0.4) is 0 Å². The largest absolute Gasteiger partial charge is 0.465 e. The monoisotopic (exact) mass is 278 g/mol. The van der Waals surface area contributed by atoms with Gasteiger partial charge in [-0.3, -0.25) is 4.79 Å². The molecule has 3 nitrogen and oxygen atoms in total. The van der Waals surface area contributed by atoms with E-state index in [0.29, 0.717) is 31.0 Å². The molecule has 0 spiro atoms. The van der Waals surface area contributed by atoms with Crippen molar-refractivity contribution in [2.75, 3.05) is 13.2 Å². The summed E-state index contributed by atoms with van der Waals surface area (Å²) in [6.45, 7) is 11.3. The quantitative estimate of drug-likeness (QED) is 0.586.